The van der Waals surface area contributed by atoms with Gasteiger partial charge in [0.2, 0.25) is 11.9 Å². The second kappa shape index (κ2) is 5.76. The number of esters is 1. The molecule has 8 heteroatoms. The molecule has 1 atom stereocenters. The first kappa shape index (κ1) is 13.1. The molecule has 1 heterocycles. The van der Waals surface area contributed by atoms with Crippen molar-refractivity contribution < 1.29 is 30.0 Å². The lowest BCUT2D eigenvalue weighted by molar-refractivity contribution is -0.142. The van der Waals surface area contributed by atoms with Gasteiger partial charge in [-0.3, -0.25) is 0 Å². The van der Waals surface area contributed by atoms with Crippen LogP contribution in [-0.4, -0.2) is 32.5 Å². The average Bonchev–Trinajstić information content (AvgIpc) is 2.48. The summed E-state index contributed by atoms with van der Waals surface area (Å²) in [4.78, 5) is 10.5. The normalized spacial score (nSPS) is 21.4. The van der Waals surface area contributed by atoms with Crippen LogP contribution in [0, 0.1) is 0 Å². The molecule has 6 nitrogen and oxygen atoms in total. The second-order valence-corrected chi connectivity index (χ2v) is 2.07. The van der Waals surface area contributed by atoms with Crippen molar-refractivity contribution in [2.45, 2.75) is 6.10 Å². The molecule has 0 saturated heterocycles. The monoisotopic (exact) mass is 332 g/mol. The van der Waals surface area contributed by atoms with Crippen LogP contribution >= 0.6 is 28.3 Å². The Balaban J connectivity index is 0.000000791. The molecule has 0 unspecified atom stereocenters. The highest BCUT2D eigenvalue weighted by Gasteiger charge is 2.37. The van der Waals surface area contributed by atoms with E-state index in [4.69, 9.17) is 20.4 Å². The highest BCUT2D eigenvalue weighted by atomic mass is 80.9. The zero-order chi connectivity index (χ0) is 11.3. The van der Waals surface area contributed by atoms with Crippen molar-refractivity contribution in [2.75, 3.05) is 0 Å². The molecule has 0 aromatic carbocycles. The first-order valence-electron chi connectivity index (χ1n) is 3.08. The largest absolute Gasteiger partial charge is 0.512 e. The predicted molar refractivity (Wildman–Crippen MR) is 53.4 cm³/mol. The molecule has 1 rings (SSSR count). The molecule has 0 amide bonds. The van der Waals surface area contributed by atoms with Gasteiger partial charge in [-0.2, -0.15) is 0 Å². The highest BCUT2D eigenvalue weighted by Crippen LogP contribution is 2.22. The van der Waals surface area contributed by atoms with E-state index in [1.807, 2.05) is 0 Å². The van der Waals surface area contributed by atoms with Gasteiger partial charge in [0.1, 0.15) is 6.26 Å². The van der Waals surface area contributed by atoms with Gasteiger partial charge >= 0.3 is 5.97 Å². The van der Waals surface area contributed by atoms with Crippen LogP contribution < -0.4 is 0 Å². The number of carbonyl (C=O) groups is 1. The van der Waals surface area contributed by atoms with Crippen molar-refractivity contribution >= 4 is 34.2 Å². The first-order chi connectivity index (χ1) is 6.57. The minimum absolute atomic E-state index is 0.257. The Morgan fingerprint density at radius 1 is 1.43 bits per heavy atom. The minimum Gasteiger partial charge on any atom is -0.512 e. The van der Waals surface area contributed by atoms with E-state index in [9.17, 15) is 4.79 Å². The van der Waals surface area contributed by atoms with Gasteiger partial charge in [-0.05, 0) is 0 Å². The topological polar surface area (TPSA) is 107 Å². The summed E-state index contributed by atoms with van der Waals surface area (Å²) in [7, 11) is 0. The fourth-order valence-electron chi connectivity index (χ4n) is 0.716. The fourth-order valence-corrected chi connectivity index (χ4v) is 0.716. The lowest BCUT2D eigenvalue weighted by Gasteiger charge is -2.06. The van der Waals surface area contributed by atoms with Crippen molar-refractivity contribution in [3.05, 3.63) is 23.5 Å². The van der Waals surface area contributed by atoms with Crippen LogP contribution in [0.3, 0.4) is 0 Å². The Morgan fingerprint density at radius 3 is 2.21 bits per heavy atom. The molecule has 1 aliphatic heterocycles. The quantitative estimate of drug-likeness (QED) is 0.431. The number of aliphatic hydroxyl groups is 4. The highest BCUT2D eigenvalue weighted by molar-refractivity contribution is 9.93. The van der Waals surface area contributed by atoms with E-state index in [0.29, 0.717) is 0 Å². The van der Waals surface area contributed by atoms with Crippen LogP contribution in [0.5, 0.6) is 0 Å². The van der Waals surface area contributed by atoms with E-state index in [2.05, 4.69) is 33.0 Å². The van der Waals surface area contributed by atoms with Gasteiger partial charge < -0.3 is 25.2 Å². The molecule has 0 radical (unpaired) electrons. The maximum Gasteiger partial charge on any atom is 0.378 e. The molecule has 4 N–H and O–H groups in total. The molecule has 0 bridgehead atoms. The number of ether oxygens (including phenoxy) is 1. The van der Waals surface area contributed by atoms with Gasteiger partial charge in [-0.15, -0.1) is 0 Å². The van der Waals surface area contributed by atoms with E-state index in [1.54, 1.807) is 0 Å². The van der Waals surface area contributed by atoms with Crippen LogP contribution in [0.4, 0.5) is 0 Å². The molecule has 1 aliphatic rings. The average molecular weight is 334 g/mol. The van der Waals surface area contributed by atoms with Gasteiger partial charge in [-0.1, -0.05) is 0 Å². The Hall–Kier alpha value is -0.890. The van der Waals surface area contributed by atoms with Gasteiger partial charge in [-0.25, -0.2) is 4.79 Å². The Morgan fingerprint density at radius 2 is 1.93 bits per heavy atom. The third-order valence-electron chi connectivity index (χ3n) is 1.31. The zero-order valence-corrected chi connectivity index (χ0v) is 9.69. The summed E-state index contributed by atoms with van der Waals surface area (Å²) in [6, 6.07) is 0. The molecule has 0 aromatic heterocycles. The number of cyclic esters (lactones) is 1. The van der Waals surface area contributed by atoms with Gasteiger partial charge in [0.15, 0.2) is 11.5 Å². The minimum atomic E-state index is -1.50. The Bertz CT molecular complexity index is 284. The van der Waals surface area contributed by atoms with E-state index in [0.717, 1.165) is 0 Å². The summed E-state index contributed by atoms with van der Waals surface area (Å²) in [6.45, 7) is 0. The maximum absolute atomic E-state index is 10.5. The van der Waals surface area contributed by atoms with Crippen LogP contribution in [0.1, 0.15) is 0 Å². The third kappa shape index (κ3) is 2.55. The van der Waals surface area contributed by atoms with Crippen LogP contribution in [-0.2, 0) is 9.53 Å². The third-order valence-corrected chi connectivity index (χ3v) is 1.31. The first-order valence-corrected chi connectivity index (χ1v) is 6.80. The molecule has 0 aliphatic carbocycles. The van der Waals surface area contributed by atoms with E-state index < -0.39 is 29.4 Å². The zero-order valence-electron chi connectivity index (χ0n) is 6.52. The van der Waals surface area contributed by atoms with E-state index in [1.165, 1.54) is 0 Å². The Kier molecular flexibility index (Phi) is 5.39. The van der Waals surface area contributed by atoms with Crippen LogP contribution in [0.2, 0.25) is 0 Å². The summed E-state index contributed by atoms with van der Waals surface area (Å²) in [5.74, 6) is -3.69. The van der Waals surface area contributed by atoms with E-state index >= 15 is 0 Å². The summed E-state index contributed by atoms with van der Waals surface area (Å²) in [6.07, 6.45) is -1.24. The van der Waals surface area contributed by atoms with Crippen LogP contribution in [0.15, 0.2) is 23.5 Å². The molecular weight excluding hydrogens is 328 g/mol. The smallest absolute Gasteiger partial charge is 0.378 e. The Labute approximate surface area is 93.9 Å². The molecule has 80 valence electrons. The van der Waals surface area contributed by atoms with Crippen molar-refractivity contribution in [1.82, 2.24) is 0 Å². The molecule has 14 heavy (non-hydrogen) atoms. The lowest BCUT2D eigenvalue weighted by atomic mass is 10.2. The molecular formula is C6H6Br2O6. The number of halogens is 2. The van der Waals surface area contributed by atoms with Gasteiger partial charge in [0.05, 0.1) is 0 Å². The number of hydrogen-bond acceptors (Lipinski definition) is 6. The van der Waals surface area contributed by atoms with Crippen molar-refractivity contribution in [2.24, 2.45) is 0 Å². The maximum atomic E-state index is 10.5. The van der Waals surface area contributed by atoms with Gasteiger partial charge in [0, 0.05) is 28.3 Å². The number of hydrogen-bond donors (Lipinski definition) is 4. The second-order valence-electron chi connectivity index (χ2n) is 2.07. The lowest BCUT2D eigenvalue weighted by Crippen LogP contribution is -2.14. The summed E-state index contributed by atoms with van der Waals surface area (Å²) < 4.78 is 4.25. The van der Waals surface area contributed by atoms with E-state index in [-0.39, 0.29) is 6.26 Å². The summed E-state index contributed by atoms with van der Waals surface area (Å²) in [5.41, 5.74) is 0. The number of aliphatic hydroxyl groups excluding tert-OH is 4. The summed E-state index contributed by atoms with van der Waals surface area (Å²) >= 11 is 5.50. The van der Waals surface area contributed by atoms with Crippen molar-refractivity contribution in [1.29, 1.82) is 0 Å². The number of carbonyl (C=O) groups excluding carboxylic acids is 1. The van der Waals surface area contributed by atoms with Gasteiger partial charge in [0.25, 0.3) is 0 Å². The SMILES string of the molecule is BrBr.O=C1O[C@H](/C(O)=C/O)C(O)=C1O. The molecule has 0 saturated carbocycles. The number of rotatable bonds is 1. The predicted octanol–water partition coefficient (Wildman–Crippen LogP) is 1.89. The standard InChI is InChI=1S/C6H6O6.Br2/c7-1-2(8)5-3(9)4(10)6(11)12-5;1-2/h1,5,7-10H;/b2-1-;/t5-;/m1./s1. The molecule has 0 spiro atoms. The fraction of sp³-hybridized carbons (Fsp3) is 0.167. The molecule has 0 fully saturated rings. The van der Waals surface area contributed by atoms with Crippen molar-refractivity contribution in [3.8, 4) is 0 Å². The van der Waals surface area contributed by atoms with Crippen LogP contribution in [0.25, 0.3) is 0 Å². The summed E-state index contributed by atoms with van der Waals surface area (Å²) in [5, 5.41) is 34.7. The molecule has 0 aromatic rings. The van der Waals surface area contributed by atoms with Crippen molar-refractivity contribution in [3.63, 3.8) is 0 Å².